The van der Waals surface area contributed by atoms with Gasteiger partial charge >= 0.3 is 0 Å². The van der Waals surface area contributed by atoms with E-state index in [4.69, 9.17) is 0 Å². The number of rotatable bonds is 4. The Labute approximate surface area is 217 Å². The number of benzene rings is 2. The lowest BCUT2D eigenvalue weighted by Crippen LogP contribution is -2.52. The van der Waals surface area contributed by atoms with Crippen LogP contribution >= 0.6 is 0 Å². The second-order valence-corrected chi connectivity index (χ2v) is 15.0. The summed E-state index contributed by atoms with van der Waals surface area (Å²) in [7, 11) is 0. The Balaban J connectivity index is 1.11. The molecule has 36 heavy (non-hydrogen) atoms. The quantitative estimate of drug-likeness (QED) is 0.433. The minimum Gasteiger partial charge on any atom is -0.338 e. The van der Waals surface area contributed by atoms with E-state index in [2.05, 4.69) is 58.3 Å². The van der Waals surface area contributed by atoms with Crippen LogP contribution in [0.5, 0.6) is 0 Å². The molecule has 0 amide bonds. The molecule has 8 fully saturated rings. The SMILES string of the molecule is c1ccc2c(c1)N(CC13CC4CC(CC(C4)C1)C3)c1ccccc1N2CC12CC3CC(CC(C3)C1)C2. The molecule has 0 N–H and O–H groups in total. The molecular weight excluding hydrogens is 436 g/mol. The van der Waals surface area contributed by atoms with Crippen molar-refractivity contribution in [1.82, 2.24) is 0 Å². The summed E-state index contributed by atoms with van der Waals surface area (Å²) in [4.78, 5) is 5.57. The number of nitrogens with zero attached hydrogens (tertiary/aromatic N) is 2. The van der Waals surface area contributed by atoms with Gasteiger partial charge in [-0.25, -0.2) is 0 Å². The fraction of sp³-hybridized carbons (Fsp3) is 0.647. The monoisotopic (exact) mass is 478 g/mol. The highest BCUT2D eigenvalue weighted by Crippen LogP contribution is 2.63. The lowest BCUT2D eigenvalue weighted by Gasteiger charge is -2.59. The van der Waals surface area contributed by atoms with Crippen molar-refractivity contribution in [3.05, 3.63) is 48.5 Å². The molecule has 11 rings (SSSR count). The molecule has 0 saturated heterocycles. The number of anilines is 4. The van der Waals surface area contributed by atoms with Crippen molar-refractivity contribution in [2.45, 2.75) is 77.0 Å². The minimum absolute atomic E-state index is 0.539. The van der Waals surface area contributed by atoms with Crippen LogP contribution in [0.1, 0.15) is 77.0 Å². The van der Waals surface area contributed by atoms with Crippen molar-refractivity contribution < 1.29 is 0 Å². The molecule has 0 spiro atoms. The average Bonchev–Trinajstić information content (AvgIpc) is 2.84. The first kappa shape index (κ1) is 21.0. The van der Waals surface area contributed by atoms with Crippen molar-refractivity contribution in [1.29, 1.82) is 0 Å². The molecule has 2 aromatic carbocycles. The Kier molecular flexibility index (Phi) is 4.28. The summed E-state index contributed by atoms with van der Waals surface area (Å²) in [5.41, 5.74) is 7.01. The Morgan fingerprint density at radius 2 is 0.694 bits per heavy atom. The van der Waals surface area contributed by atoms with Crippen LogP contribution in [0.15, 0.2) is 48.5 Å². The van der Waals surface area contributed by atoms with Gasteiger partial charge in [0.2, 0.25) is 0 Å². The summed E-state index contributed by atoms with van der Waals surface area (Å²) in [6, 6.07) is 18.9. The molecular formula is C34H42N2. The molecule has 1 aliphatic heterocycles. The normalized spacial score (nSPS) is 43.1. The van der Waals surface area contributed by atoms with Gasteiger partial charge in [-0.3, -0.25) is 0 Å². The highest BCUT2D eigenvalue weighted by Gasteiger charge is 2.54. The van der Waals surface area contributed by atoms with E-state index in [0.717, 1.165) is 35.5 Å². The van der Waals surface area contributed by atoms with Crippen LogP contribution in [-0.2, 0) is 0 Å². The molecule has 0 aromatic heterocycles. The number of fused-ring (bicyclic) bond motifs is 2. The topological polar surface area (TPSA) is 6.48 Å². The Morgan fingerprint density at radius 3 is 0.944 bits per heavy atom. The highest BCUT2D eigenvalue weighted by atomic mass is 15.3. The summed E-state index contributed by atoms with van der Waals surface area (Å²) in [5.74, 6) is 6.08. The van der Waals surface area contributed by atoms with E-state index in [-0.39, 0.29) is 0 Å². The molecule has 0 radical (unpaired) electrons. The van der Waals surface area contributed by atoms with Gasteiger partial charge in [0.05, 0.1) is 22.7 Å². The molecule has 8 aliphatic carbocycles. The number of para-hydroxylation sites is 4. The Hall–Kier alpha value is -1.96. The van der Waals surface area contributed by atoms with E-state index in [1.807, 2.05) is 0 Å². The van der Waals surface area contributed by atoms with Gasteiger partial charge in [-0.05, 0) is 148 Å². The van der Waals surface area contributed by atoms with E-state index < -0.39 is 0 Å². The predicted molar refractivity (Wildman–Crippen MR) is 148 cm³/mol. The van der Waals surface area contributed by atoms with Gasteiger partial charge in [-0.2, -0.15) is 0 Å². The molecule has 188 valence electrons. The van der Waals surface area contributed by atoms with Gasteiger partial charge in [-0.1, -0.05) is 24.3 Å². The third-order valence-electron chi connectivity index (χ3n) is 12.2. The van der Waals surface area contributed by atoms with Gasteiger partial charge in [0.1, 0.15) is 0 Å². The zero-order valence-corrected chi connectivity index (χ0v) is 21.9. The molecule has 2 aromatic rings. The smallest absolute Gasteiger partial charge is 0.0652 e. The van der Waals surface area contributed by atoms with E-state index in [1.165, 1.54) is 113 Å². The average molecular weight is 479 g/mol. The van der Waals surface area contributed by atoms with Crippen LogP contribution in [0.3, 0.4) is 0 Å². The first-order valence-electron chi connectivity index (χ1n) is 15.4. The molecule has 8 saturated carbocycles. The molecule has 0 atom stereocenters. The molecule has 2 nitrogen and oxygen atoms in total. The number of hydrogen-bond donors (Lipinski definition) is 0. The summed E-state index contributed by atoms with van der Waals surface area (Å²) < 4.78 is 0. The van der Waals surface area contributed by atoms with Gasteiger partial charge in [0, 0.05) is 13.1 Å². The largest absolute Gasteiger partial charge is 0.338 e. The fourth-order valence-electron chi connectivity index (χ4n) is 12.1. The van der Waals surface area contributed by atoms with Gasteiger partial charge in [0.15, 0.2) is 0 Å². The van der Waals surface area contributed by atoms with E-state index in [0.29, 0.717) is 10.8 Å². The van der Waals surface area contributed by atoms with Crippen LogP contribution in [0.4, 0.5) is 22.7 Å². The lowest BCUT2D eigenvalue weighted by molar-refractivity contribution is -0.0475. The standard InChI is InChI=1S/C34H42N2/c1-2-6-30-29(5-1)35(21-33-15-23-9-24(16-33)11-25(10-23)17-33)31-7-3-4-8-32(31)36(30)22-34-18-26-12-27(19-34)14-28(13-26)20-34/h1-8,23-28H,9-22H2. The van der Waals surface area contributed by atoms with E-state index in [9.17, 15) is 0 Å². The second kappa shape index (κ2) is 7.33. The van der Waals surface area contributed by atoms with Crippen molar-refractivity contribution in [3.63, 3.8) is 0 Å². The number of hydrogen-bond acceptors (Lipinski definition) is 2. The van der Waals surface area contributed by atoms with Crippen LogP contribution < -0.4 is 9.80 Å². The van der Waals surface area contributed by atoms with Gasteiger partial charge < -0.3 is 9.80 Å². The first-order chi connectivity index (χ1) is 17.6. The third-order valence-corrected chi connectivity index (χ3v) is 12.2. The Morgan fingerprint density at radius 1 is 0.444 bits per heavy atom. The predicted octanol–water partition coefficient (Wildman–Crippen LogP) is 8.71. The maximum absolute atomic E-state index is 2.79. The summed E-state index contributed by atoms with van der Waals surface area (Å²) in [6.07, 6.45) is 18.1. The first-order valence-corrected chi connectivity index (χ1v) is 15.4. The molecule has 1 heterocycles. The van der Waals surface area contributed by atoms with Crippen LogP contribution in [0.25, 0.3) is 0 Å². The zero-order chi connectivity index (χ0) is 23.5. The summed E-state index contributed by atoms with van der Waals surface area (Å²) in [5, 5.41) is 0. The summed E-state index contributed by atoms with van der Waals surface area (Å²) in [6.45, 7) is 2.46. The molecule has 8 bridgehead atoms. The molecule has 0 unspecified atom stereocenters. The van der Waals surface area contributed by atoms with Crippen molar-refractivity contribution >= 4 is 22.7 Å². The van der Waals surface area contributed by atoms with Crippen molar-refractivity contribution in [3.8, 4) is 0 Å². The van der Waals surface area contributed by atoms with Crippen LogP contribution in [0, 0.1) is 46.3 Å². The molecule has 2 heteroatoms. The van der Waals surface area contributed by atoms with E-state index >= 15 is 0 Å². The van der Waals surface area contributed by atoms with Gasteiger partial charge in [-0.15, -0.1) is 0 Å². The third kappa shape index (κ3) is 3.08. The maximum Gasteiger partial charge on any atom is 0.0652 e. The van der Waals surface area contributed by atoms with E-state index in [1.54, 1.807) is 0 Å². The fourth-order valence-corrected chi connectivity index (χ4v) is 12.1. The van der Waals surface area contributed by atoms with Crippen molar-refractivity contribution in [2.24, 2.45) is 46.3 Å². The van der Waals surface area contributed by atoms with Crippen molar-refractivity contribution in [2.75, 3.05) is 22.9 Å². The van der Waals surface area contributed by atoms with Crippen LogP contribution in [0.2, 0.25) is 0 Å². The minimum atomic E-state index is 0.539. The lowest BCUT2D eigenvalue weighted by atomic mass is 9.49. The van der Waals surface area contributed by atoms with Gasteiger partial charge in [0.25, 0.3) is 0 Å². The highest BCUT2D eigenvalue weighted by molar-refractivity contribution is 5.93. The summed E-state index contributed by atoms with van der Waals surface area (Å²) >= 11 is 0. The second-order valence-electron chi connectivity index (χ2n) is 15.0. The maximum atomic E-state index is 2.79. The molecule has 9 aliphatic rings. The van der Waals surface area contributed by atoms with Crippen LogP contribution in [-0.4, -0.2) is 13.1 Å². The Bertz CT molecular complexity index is 985. The zero-order valence-electron chi connectivity index (χ0n) is 21.9.